The molecule has 1 amide bonds. The second kappa shape index (κ2) is 6.51. The number of fused-ring (bicyclic) bond motifs is 2. The van der Waals surface area contributed by atoms with Gasteiger partial charge in [-0.15, -0.1) is 0 Å². The normalized spacial score (nSPS) is 15.7. The van der Waals surface area contributed by atoms with Crippen LogP contribution in [-0.4, -0.2) is 47.3 Å². The highest BCUT2D eigenvalue weighted by Gasteiger charge is 2.25. The van der Waals surface area contributed by atoms with Crippen molar-refractivity contribution in [3.05, 3.63) is 64.6 Å². The Bertz CT molecular complexity index is 1030. The second-order valence-corrected chi connectivity index (χ2v) is 6.13. The zero-order valence-electron chi connectivity index (χ0n) is 14.1. The number of para-hydroxylation sites is 2. The highest BCUT2D eigenvalue weighted by molar-refractivity contribution is 6.04. The monoisotopic (exact) mass is 351 g/mol. The fourth-order valence-electron chi connectivity index (χ4n) is 3.00. The van der Waals surface area contributed by atoms with Gasteiger partial charge < -0.3 is 14.4 Å². The maximum atomic E-state index is 12.8. The van der Waals surface area contributed by atoms with E-state index < -0.39 is 0 Å². The zero-order chi connectivity index (χ0) is 18.1. The fourth-order valence-corrected chi connectivity index (χ4v) is 3.00. The quantitative estimate of drug-likeness (QED) is 0.778. The van der Waals surface area contributed by atoms with Crippen LogP contribution in [0.1, 0.15) is 10.5 Å². The Morgan fingerprint density at radius 3 is 2.65 bits per heavy atom. The number of nitrogens with one attached hydrogen (secondary N) is 1. The molecule has 26 heavy (non-hydrogen) atoms. The van der Waals surface area contributed by atoms with E-state index in [1.807, 2.05) is 24.3 Å². The molecule has 0 bridgehead atoms. The topological polar surface area (TPSA) is 84.5 Å². The van der Waals surface area contributed by atoms with Crippen LogP contribution in [0.2, 0.25) is 0 Å². The molecule has 7 heteroatoms. The summed E-state index contributed by atoms with van der Waals surface area (Å²) in [6, 6.07) is 14.3. The highest BCUT2D eigenvalue weighted by atomic mass is 16.6. The van der Waals surface area contributed by atoms with Gasteiger partial charge in [0.1, 0.15) is 6.61 Å². The predicted molar refractivity (Wildman–Crippen MR) is 95.7 cm³/mol. The third-order valence-electron chi connectivity index (χ3n) is 4.29. The first kappa shape index (κ1) is 16.1. The summed E-state index contributed by atoms with van der Waals surface area (Å²) in [6.07, 6.45) is -0.284. The molecular formula is C19H17N3O4. The smallest absolute Gasteiger partial charge is 0.274 e. The van der Waals surface area contributed by atoms with Gasteiger partial charge in [-0.2, -0.15) is 5.10 Å². The van der Waals surface area contributed by atoms with E-state index in [1.165, 1.54) is 4.90 Å². The maximum Gasteiger partial charge on any atom is 0.274 e. The second-order valence-electron chi connectivity index (χ2n) is 6.13. The number of carbonyl (C=O) groups is 1. The molecule has 2 heterocycles. The van der Waals surface area contributed by atoms with E-state index in [0.717, 1.165) is 0 Å². The molecule has 0 saturated carbocycles. The summed E-state index contributed by atoms with van der Waals surface area (Å²) in [7, 11) is 1.67. The molecule has 1 aromatic heterocycles. The van der Waals surface area contributed by atoms with Crippen molar-refractivity contribution in [3.8, 4) is 11.5 Å². The molecular weight excluding hydrogens is 334 g/mol. The van der Waals surface area contributed by atoms with Crippen molar-refractivity contribution in [2.75, 3.05) is 20.2 Å². The van der Waals surface area contributed by atoms with E-state index in [-0.39, 0.29) is 23.3 Å². The summed E-state index contributed by atoms with van der Waals surface area (Å²) in [4.78, 5) is 26.2. The van der Waals surface area contributed by atoms with Crippen molar-refractivity contribution < 1.29 is 14.3 Å². The largest absolute Gasteiger partial charge is 0.486 e. The lowest BCUT2D eigenvalue weighted by Gasteiger charge is -2.29. The fraction of sp³-hybridized carbons (Fsp3) is 0.211. The van der Waals surface area contributed by atoms with Crippen molar-refractivity contribution in [1.29, 1.82) is 0 Å². The number of carbonyl (C=O) groups excluding carboxylic acids is 1. The van der Waals surface area contributed by atoms with Crippen molar-refractivity contribution in [1.82, 2.24) is 15.1 Å². The van der Waals surface area contributed by atoms with E-state index >= 15 is 0 Å². The Morgan fingerprint density at radius 2 is 1.85 bits per heavy atom. The van der Waals surface area contributed by atoms with Crippen molar-refractivity contribution in [2.24, 2.45) is 0 Å². The first-order valence-electron chi connectivity index (χ1n) is 8.25. The number of hydrogen-bond donors (Lipinski definition) is 1. The van der Waals surface area contributed by atoms with Gasteiger partial charge in [-0.1, -0.05) is 30.3 Å². The Balaban J connectivity index is 1.54. The van der Waals surface area contributed by atoms with Gasteiger partial charge >= 0.3 is 0 Å². The van der Waals surface area contributed by atoms with Crippen LogP contribution in [0.25, 0.3) is 10.8 Å². The van der Waals surface area contributed by atoms with Crippen molar-refractivity contribution >= 4 is 16.7 Å². The van der Waals surface area contributed by atoms with Crippen LogP contribution in [0.15, 0.2) is 53.3 Å². The SMILES string of the molecule is CN(C[C@@H]1COc2ccccc2O1)C(=O)c1n[nH]c(=O)c2ccccc12. The number of nitrogens with zero attached hydrogens (tertiary/aromatic N) is 2. The number of rotatable bonds is 3. The molecule has 3 aromatic rings. The first-order valence-corrected chi connectivity index (χ1v) is 8.25. The Hall–Kier alpha value is -3.35. The standard InChI is InChI=1S/C19H17N3O4/c1-22(10-12-11-25-15-8-4-5-9-16(15)26-12)19(24)17-13-6-2-3-7-14(13)18(23)21-20-17/h2-9,12H,10-11H2,1H3,(H,21,23)/t12-/m1/s1. The van der Waals surface area contributed by atoms with Crippen molar-refractivity contribution in [3.63, 3.8) is 0 Å². The predicted octanol–water partition coefficient (Wildman–Crippen LogP) is 1.84. The van der Waals surface area contributed by atoms with Gasteiger partial charge in [0.15, 0.2) is 23.3 Å². The van der Waals surface area contributed by atoms with E-state index in [2.05, 4.69) is 10.2 Å². The third kappa shape index (κ3) is 2.88. The molecule has 0 unspecified atom stereocenters. The lowest BCUT2D eigenvalue weighted by atomic mass is 10.1. The van der Waals surface area contributed by atoms with Gasteiger partial charge in [0.2, 0.25) is 0 Å². The number of H-pyrrole nitrogens is 1. The average molecular weight is 351 g/mol. The van der Waals surface area contributed by atoms with Gasteiger partial charge in [-0.3, -0.25) is 9.59 Å². The van der Waals surface area contributed by atoms with Crippen LogP contribution in [0.3, 0.4) is 0 Å². The molecule has 1 N–H and O–H groups in total. The van der Waals surface area contributed by atoms with Crippen LogP contribution in [0.5, 0.6) is 11.5 Å². The number of benzene rings is 2. The molecule has 0 saturated heterocycles. The molecule has 0 radical (unpaired) electrons. The molecule has 1 aliphatic rings. The minimum Gasteiger partial charge on any atom is -0.486 e. The summed E-state index contributed by atoms with van der Waals surface area (Å²) in [5, 5.41) is 7.30. The van der Waals surface area contributed by atoms with Gasteiger partial charge in [-0.25, -0.2) is 5.10 Å². The molecule has 1 atom stereocenters. The molecule has 1 aliphatic heterocycles. The first-order chi connectivity index (χ1) is 12.6. The number of aromatic amines is 1. The van der Waals surface area contributed by atoms with Gasteiger partial charge in [0.05, 0.1) is 11.9 Å². The Morgan fingerprint density at radius 1 is 1.15 bits per heavy atom. The number of hydrogen-bond acceptors (Lipinski definition) is 5. The molecule has 132 valence electrons. The van der Waals surface area contributed by atoms with Gasteiger partial charge in [0, 0.05) is 12.4 Å². The minimum absolute atomic E-state index is 0.208. The highest BCUT2D eigenvalue weighted by Crippen LogP contribution is 2.31. The lowest BCUT2D eigenvalue weighted by Crippen LogP contribution is -2.42. The summed E-state index contributed by atoms with van der Waals surface area (Å²) >= 11 is 0. The summed E-state index contributed by atoms with van der Waals surface area (Å²) in [5.41, 5.74) is -0.111. The molecule has 0 fully saturated rings. The van der Waals surface area contributed by atoms with Crippen molar-refractivity contribution in [2.45, 2.75) is 6.10 Å². The summed E-state index contributed by atoms with van der Waals surface area (Å²) in [5.74, 6) is 1.07. The molecule has 7 nitrogen and oxygen atoms in total. The van der Waals surface area contributed by atoms with E-state index in [1.54, 1.807) is 31.3 Å². The average Bonchev–Trinajstić information content (AvgIpc) is 2.68. The number of aromatic nitrogens is 2. The maximum absolute atomic E-state index is 12.8. The molecule has 0 spiro atoms. The van der Waals surface area contributed by atoms with Crippen LogP contribution in [0, 0.1) is 0 Å². The van der Waals surface area contributed by atoms with Crippen LogP contribution >= 0.6 is 0 Å². The third-order valence-corrected chi connectivity index (χ3v) is 4.29. The van der Waals surface area contributed by atoms with Crippen LogP contribution in [-0.2, 0) is 0 Å². The zero-order valence-corrected chi connectivity index (χ0v) is 14.1. The van der Waals surface area contributed by atoms with E-state index in [4.69, 9.17) is 9.47 Å². The minimum atomic E-state index is -0.319. The van der Waals surface area contributed by atoms with Crippen LogP contribution < -0.4 is 15.0 Å². The van der Waals surface area contributed by atoms with E-state index in [9.17, 15) is 9.59 Å². The lowest BCUT2D eigenvalue weighted by molar-refractivity contribution is 0.0518. The number of ether oxygens (including phenoxy) is 2. The Kier molecular flexibility index (Phi) is 4.04. The van der Waals surface area contributed by atoms with Gasteiger partial charge in [0.25, 0.3) is 11.5 Å². The van der Waals surface area contributed by atoms with E-state index in [0.29, 0.717) is 35.4 Å². The molecule has 0 aliphatic carbocycles. The summed E-state index contributed by atoms with van der Waals surface area (Å²) in [6.45, 7) is 0.691. The molecule has 2 aromatic carbocycles. The Labute approximate surface area is 149 Å². The number of amides is 1. The van der Waals surface area contributed by atoms with Gasteiger partial charge in [-0.05, 0) is 18.2 Å². The molecule has 4 rings (SSSR count). The number of likely N-dealkylation sites (N-methyl/N-ethyl adjacent to an activating group) is 1. The van der Waals surface area contributed by atoms with Crippen LogP contribution in [0.4, 0.5) is 0 Å². The summed E-state index contributed by atoms with van der Waals surface area (Å²) < 4.78 is 11.6.